The topological polar surface area (TPSA) is 83.8 Å². The number of hydrogen-bond acceptors (Lipinski definition) is 4. The van der Waals surface area contributed by atoms with Gasteiger partial charge in [-0.1, -0.05) is 17.7 Å². The van der Waals surface area contributed by atoms with Crippen LogP contribution in [0.4, 0.5) is 11.4 Å². The zero-order chi connectivity index (χ0) is 13.0. The van der Waals surface area contributed by atoms with Crippen molar-refractivity contribution < 1.29 is 4.92 Å². The third-order valence-corrected chi connectivity index (χ3v) is 2.74. The molecule has 0 atom stereocenters. The number of nitrogens with zero attached hydrogens (tertiary/aromatic N) is 2. The van der Waals surface area contributed by atoms with Crippen molar-refractivity contribution in [1.29, 1.82) is 0 Å². The Bertz CT molecular complexity index is 542. The van der Waals surface area contributed by atoms with Gasteiger partial charge in [0.15, 0.2) is 0 Å². The Labute approximate surface area is 108 Å². The molecule has 0 unspecified atom stereocenters. The first-order chi connectivity index (χ1) is 8.68. The van der Waals surface area contributed by atoms with E-state index in [0.29, 0.717) is 18.7 Å². The molecule has 0 fully saturated rings. The van der Waals surface area contributed by atoms with Crippen molar-refractivity contribution in [2.24, 2.45) is 0 Å². The van der Waals surface area contributed by atoms with E-state index in [0.717, 1.165) is 5.69 Å². The van der Waals surface area contributed by atoms with E-state index in [2.05, 4.69) is 15.3 Å². The zero-order valence-corrected chi connectivity index (χ0v) is 10.1. The molecule has 0 saturated carbocycles. The molecule has 0 aliphatic heterocycles. The highest BCUT2D eigenvalue weighted by molar-refractivity contribution is 6.33. The Morgan fingerprint density at radius 3 is 3.00 bits per heavy atom. The molecule has 2 aromatic rings. The van der Waals surface area contributed by atoms with Crippen LogP contribution in [0.1, 0.15) is 5.69 Å². The second-order valence-electron chi connectivity index (χ2n) is 3.65. The maximum Gasteiger partial charge on any atom is 0.310 e. The lowest BCUT2D eigenvalue weighted by Crippen LogP contribution is -2.07. The first-order valence-corrected chi connectivity index (χ1v) is 5.70. The first-order valence-electron chi connectivity index (χ1n) is 5.32. The Balaban J connectivity index is 2.05. The Hall–Kier alpha value is -2.08. The number of imidazole rings is 1. The van der Waals surface area contributed by atoms with Crippen molar-refractivity contribution in [2.45, 2.75) is 6.42 Å². The van der Waals surface area contributed by atoms with Crippen LogP contribution in [-0.4, -0.2) is 21.4 Å². The van der Waals surface area contributed by atoms with Gasteiger partial charge in [0.05, 0.1) is 11.3 Å². The number of nitro groups is 1. The fourth-order valence-electron chi connectivity index (χ4n) is 1.60. The fraction of sp³-hybridized carbons (Fsp3) is 0.182. The van der Waals surface area contributed by atoms with Crippen LogP contribution in [0, 0.1) is 10.1 Å². The van der Waals surface area contributed by atoms with Gasteiger partial charge in [-0.25, -0.2) is 4.98 Å². The average Bonchev–Trinajstić information content (AvgIpc) is 2.81. The van der Waals surface area contributed by atoms with Gasteiger partial charge in [-0.05, 0) is 12.1 Å². The molecular formula is C11H11ClN4O2. The number of nitro benzene ring substituents is 1. The van der Waals surface area contributed by atoms with E-state index in [1.807, 2.05) is 0 Å². The molecule has 0 amide bonds. The van der Waals surface area contributed by atoms with Gasteiger partial charge < -0.3 is 10.3 Å². The molecule has 0 saturated heterocycles. The highest BCUT2D eigenvalue weighted by atomic mass is 35.5. The zero-order valence-electron chi connectivity index (χ0n) is 9.39. The SMILES string of the molecule is O=[N+]([O-])c1c(Cl)cccc1NCCc1cnc[nH]1. The summed E-state index contributed by atoms with van der Waals surface area (Å²) in [6.07, 6.45) is 4.01. The van der Waals surface area contributed by atoms with Gasteiger partial charge in [0.2, 0.25) is 0 Å². The summed E-state index contributed by atoms with van der Waals surface area (Å²) in [4.78, 5) is 17.3. The second-order valence-corrected chi connectivity index (χ2v) is 4.05. The Kier molecular flexibility index (Phi) is 3.78. The quantitative estimate of drug-likeness (QED) is 0.644. The van der Waals surface area contributed by atoms with E-state index < -0.39 is 4.92 Å². The number of hydrogen-bond donors (Lipinski definition) is 2. The lowest BCUT2D eigenvalue weighted by Gasteiger charge is -2.07. The van der Waals surface area contributed by atoms with Crippen LogP contribution in [0.3, 0.4) is 0 Å². The predicted molar refractivity (Wildman–Crippen MR) is 68.9 cm³/mol. The van der Waals surface area contributed by atoms with Gasteiger partial charge in [0.1, 0.15) is 10.7 Å². The van der Waals surface area contributed by atoms with E-state index >= 15 is 0 Å². The predicted octanol–water partition coefficient (Wildman–Crippen LogP) is 2.63. The van der Waals surface area contributed by atoms with Gasteiger partial charge in [-0.15, -0.1) is 0 Å². The van der Waals surface area contributed by atoms with E-state index in [1.54, 1.807) is 24.7 Å². The molecule has 0 aliphatic carbocycles. The van der Waals surface area contributed by atoms with Gasteiger partial charge >= 0.3 is 5.69 Å². The molecule has 1 aromatic heterocycles. The van der Waals surface area contributed by atoms with Crippen LogP contribution in [0.2, 0.25) is 5.02 Å². The number of anilines is 1. The normalized spacial score (nSPS) is 10.3. The molecule has 6 nitrogen and oxygen atoms in total. The van der Waals surface area contributed by atoms with Crippen LogP contribution in [-0.2, 0) is 6.42 Å². The fourth-order valence-corrected chi connectivity index (χ4v) is 1.84. The van der Waals surface area contributed by atoms with E-state index in [-0.39, 0.29) is 10.7 Å². The monoisotopic (exact) mass is 266 g/mol. The molecule has 94 valence electrons. The summed E-state index contributed by atoms with van der Waals surface area (Å²) < 4.78 is 0. The van der Waals surface area contributed by atoms with Crippen molar-refractivity contribution in [2.75, 3.05) is 11.9 Å². The van der Waals surface area contributed by atoms with Gasteiger partial charge in [-0.3, -0.25) is 10.1 Å². The maximum absolute atomic E-state index is 10.9. The molecule has 2 N–H and O–H groups in total. The molecule has 7 heteroatoms. The van der Waals surface area contributed by atoms with Crippen molar-refractivity contribution in [1.82, 2.24) is 9.97 Å². The summed E-state index contributed by atoms with van der Waals surface area (Å²) in [5, 5.41) is 14.0. The molecule has 2 rings (SSSR count). The molecule has 1 aromatic carbocycles. The second kappa shape index (κ2) is 5.50. The lowest BCUT2D eigenvalue weighted by atomic mass is 10.2. The molecule has 18 heavy (non-hydrogen) atoms. The van der Waals surface area contributed by atoms with E-state index in [9.17, 15) is 10.1 Å². The highest BCUT2D eigenvalue weighted by Crippen LogP contribution is 2.32. The lowest BCUT2D eigenvalue weighted by molar-refractivity contribution is -0.383. The minimum Gasteiger partial charge on any atom is -0.379 e. The Morgan fingerprint density at radius 1 is 1.50 bits per heavy atom. The Morgan fingerprint density at radius 2 is 2.33 bits per heavy atom. The van der Waals surface area contributed by atoms with Crippen LogP contribution in [0.5, 0.6) is 0 Å². The first kappa shape index (κ1) is 12.4. The number of aromatic nitrogens is 2. The van der Waals surface area contributed by atoms with Crippen molar-refractivity contribution in [3.63, 3.8) is 0 Å². The van der Waals surface area contributed by atoms with Crippen LogP contribution in [0.15, 0.2) is 30.7 Å². The summed E-state index contributed by atoms with van der Waals surface area (Å²) in [6, 6.07) is 4.81. The number of rotatable bonds is 5. The standard InChI is InChI=1S/C11H11ClN4O2/c12-9-2-1-3-10(11(9)16(17)18)14-5-4-8-6-13-7-15-8/h1-3,6-7,14H,4-5H2,(H,13,15). The van der Waals surface area contributed by atoms with Crippen LogP contribution < -0.4 is 5.32 Å². The van der Waals surface area contributed by atoms with Gasteiger partial charge in [0.25, 0.3) is 0 Å². The summed E-state index contributed by atoms with van der Waals surface area (Å²) in [6.45, 7) is 0.559. The largest absolute Gasteiger partial charge is 0.379 e. The van der Waals surface area contributed by atoms with E-state index in [4.69, 9.17) is 11.6 Å². The van der Waals surface area contributed by atoms with Gasteiger partial charge in [0, 0.05) is 24.9 Å². The molecule has 0 bridgehead atoms. The number of H-pyrrole nitrogens is 1. The molecule has 0 radical (unpaired) electrons. The maximum atomic E-state index is 10.9. The van der Waals surface area contributed by atoms with Crippen LogP contribution >= 0.6 is 11.6 Å². The third kappa shape index (κ3) is 2.78. The number of aromatic amines is 1. The number of benzene rings is 1. The van der Waals surface area contributed by atoms with Crippen molar-refractivity contribution in [3.8, 4) is 0 Å². The smallest absolute Gasteiger partial charge is 0.310 e. The minimum absolute atomic E-state index is 0.0937. The minimum atomic E-state index is -0.485. The molecule has 0 aliphatic rings. The number of para-hydroxylation sites is 1. The summed E-state index contributed by atoms with van der Waals surface area (Å²) in [5.41, 5.74) is 1.29. The molecular weight excluding hydrogens is 256 g/mol. The van der Waals surface area contributed by atoms with Crippen LogP contribution in [0.25, 0.3) is 0 Å². The number of nitrogens with one attached hydrogen (secondary N) is 2. The summed E-state index contributed by atoms with van der Waals surface area (Å²) in [7, 11) is 0. The third-order valence-electron chi connectivity index (χ3n) is 2.43. The molecule has 0 spiro atoms. The summed E-state index contributed by atoms with van der Waals surface area (Å²) in [5.74, 6) is 0. The average molecular weight is 267 g/mol. The van der Waals surface area contributed by atoms with Crippen molar-refractivity contribution >= 4 is 23.0 Å². The van der Waals surface area contributed by atoms with Gasteiger partial charge in [-0.2, -0.15) is 0 Å². The number of halogens is 1. The highest BCUT2D eigenvalue weighted by Gasteiger charge is 2.17. The summed E-state index contributed by atoms with van der Waals surface area (Å²) >= 11 is 5.81. The molecule has 1 heterocycles. The van der Waals surface area contributed by atoms with E-state index in [1.165, 1.54) is 6.07 Å². The van der Waals surface area contributed by atoms with Crippen molar-refractivity contribution in [3.05, 3.63) is 51.6 Å².